The molecule has 1 aromatic heterocycles. The number of nitrogens with one attached hydrogen (secondary N) is 1. The maximum Gasteiger partial charge on any atom is 0.258 e. The third-order valence-electron chi connectivity index (χ3n) is 4.71. The largest absolute Gasteiger partial charge is 0.497 e. The van der Waals surface area contributed by atoms with E-state index >= 15 is 0 Å². The molecule has 8 heteroatoms. The number of carbonyl (C=O) groups is 1. The van der Waals surface area contributed by atoms with E-state index in [-0.39, 0.29) is 18.6 Å². The first-order valence-electron chi connectivity index (χ1n) is 9.67. The van der Waals surface area contributed by atoms with Gasteiger partial charge < -0.3 is 14.8 Å². The average Bonchev–Trinajstić information content (AvgIpc) is 3.37. The van der Waals surface area contributed by atoms with Crippen molar-refractivity contribution in [3.8, 4) is 17.2 Å². The van der Waals surface area contributed by atoms with Crippen molar-refractivity contribution in [2.75, 3.05) is 13.7 Å². The third-order valence-corrected chi connectivity index (χ3v) is 4.71. The van der Waals surface area contributed by atoms with Gasteiger partial charge >= 0.3 is 0 Å². The topological polar surface area (TPSA) is 91.2 Å². The highest BCUT2D eigenvalue weighted by Crippen LogP contribution is 2.24. The molecule has 1 N–H and O–H groups in total. The highest BCUT2D eigenvalue weighted by atomic mass is 16.5. The van der Waals surface area contributed by atoms with Crippen molar-refractivity contribution in [3.05, 3.63) is 96.3 Å². The van der Waals surface area contributed by atoms with Crippen molar-refractivity contribution in [2.45, 2.75) is 6.04 Å². The summed E-state index contributed by atoms with van der Waals surface area (Å²) in [5.74, 6) is 1.11. The molecule has 0 aliphatic carbocycles. The molecule has 0 spiro atoms. The predicted molar refractivity (Wildman–Crippen MR) is 114 cm³/mol. The lowest BCUT2D eigenvalue weighted by Crippen LogP contribution is -2.33. The molecule has 4 rings (SSSR count). The number of hydrogen-bond donors (Lipinski definition) is 1. The molecule has 3 aromatic carbocycles. The molecule has 1 heterocycles. The van der Waals surface area contributed by atoms with Crippen LogP contribution in [0.25, 0.3) is 5.69 Å². The third kappa shape index (κ3) is 5.05. The first kappa shape index (κ1) is 20.1. The molecule has 0 saturated carbocycles. The van der Waals surface area contributed by atoms with Crippen molar-refractivity contribution in [1.29, 1.82) is 0 Å². The van der Waals surface area contributed by atoms with Gasteiger partial charge in [-0.15, -0.1) is 5.10 Å². The van der Waals surface area contributed by atoms with E-state index in [9.17, 15) is 4.79 Å². The van der Waals surface area contributed by atoms with Gasteiger partial charge in [0.1, 0.15) is 17.8 Å². The molecule has 0 aliphatic heterocycles. The lowest BCUT2D eigenvalue weighted by atomic mass is 9.98. The average molecular weight is 415 g/mol. The fourth-order valence-electron chi connectivity index (χ4n) is 3.13. The summed E-state index contributed by atoms with van der Waals surface area (Å²) in [5, 5.41) is 14.1. The summed E-state index contributed by atoms with van der Waals surface area (Å²) in [7, 11) is 1.62. The maximum absolute atomic E-state index is 12.7. The van der Waals surface area contributed by atoms with Crippen LogP contribution in [-0.4, -0.2) is 39.8 Å². The van der Waals surface area contributed by atoms with Gasteiger partial charge in [0, 0.05) is 0 Å². The van der Waals surface area contributed by atoms with Crippen LogP contribution in [0.1, 0.15) is 17.2 Å². The van der Waals surface area contributed by atoms with Crippen molar-refractivity contribution < 1.29 is 14.3 Å². The number of ether oxygens (including phenoxy) is 2. The summed E-state index contributed by atoms with van der Waals surface area (Å²) in [4.78, 5) is 12.7. The monoisotopic (exact) mass is 415 g/mol. The van der Waals surface area contributed by atoms with Crippen molar-refractivity contribution in [1.82, 2.24) is 25.5 Å². The predicted octanol–water partition coefficient (Wildman–Crippen LogP) is 2.96. The van der Waals surface area contributed by atoms with Gasteiger partial charge in [0.25, 0.3) is 5.91 Å². The van der Waals surface area contributed by atoms with Gasteiger partial charge in [-0.3, -0.25) is 4.79 Å². The number of amides is 1. The molecule has 0 fully saturated rings. The molecule has 31 heavy (non-hydrogen) atoms. The van der Waals surface area contributed by atoms with Crippen molar-refractivity contribution >= 4 is 5.91 Å². The molecular weight excluding hydrogens is 394 g/mol. The van der Waals surface area contributed by atoms with Crippen LogP contribution < -0.4 is 14.8 Å². The summed E-state index contributed by atoms with van der Waals surface area (Å²) in [6, 6.07) is 24.3. The van der Waals surface area contributed by atoms with Crippen LogP contribution >= 0.6 is 0 Å². The van der Waals surface area contributed by atoms with E-state index in [4.69, 9.17) is 9.47 Å². The number of benzene rings is 3. The number of carbonyl (C=O) groups excluding carboxylic acids is 1. The number of tetrazole rings is 1. The fourth-order valence-corrected chi connectivity index (χ4v) is 3.13. The Labute approximate surface area is 179 Å². The zero-order valence-electron chi connectivity index (χ0n) is 16.9. The Morgan fingerprint density at radius 2 is 1.61 bits per heavy atom. The van der Waals surface area contributed by atoms with Gasteiger partial charge in [-0.1, -0.05) is 42.5 Å². The quantitative estimate of drug-likeness (QED) is 0.476. The fraction of sp³-hybridized carbons (Fsp3) is 0.130. The minimum atomic E-state index is -0.301. The van der Waals surface area contributed by atoms with E-state index < -0.39 is 0 Å². The zero-order chi connectivity index (χ0) is 21.5. The second kappa shape index (κ2) is 9.53. The van der Waals surface area contributed by atoms with Crippen LogP contribution in [0, 0.1) is 0 Å². The second-order valence-corrected chi connectivity index (χ2v) is 6.72. The van der Waals surface area contributed by atoms with Gasteiger partial charge in [-0.2, -0.15) is 0 Å². The summed E-state index contributed by atoms with van der Waals surface area (Å²) >= 11 is 0. The summed E-state index contributed by atoms with van der Waals surface area (Å²) in [6.45, 7) is -0.107. The highest BCUT2D eigenvalue weighted by Gasteiger charge is 2.17. The van der Waals surface area contributed by atoms with Gasteiger partial charge in [0.15, 0.2) is 6.61 Å². The maximum atomic E-state index is 12.7. The number of aromatic nitrogens is 4. The second-order valence-electron chi connectivity index (χ2n) is 6.72. The van der Waals surface area contributed by atoms with Gasteiger partial charge in [-0.25, -0.2) is 4.68 Å². The molecule has 156 valence electrons. The molecule has 0 radical (unpaired) electrons. The van der Waals surface area contributed by atoms with Gasteiger partial charge in [0.2, 0.25) is 0 Å². The Morgan fingerprint density at radius 1 is 0.935 bits per heavy atom. The van der Waals surface area contributed by atoms with E-state index in [1.807, 2.05) is 66.7 Å². The van der Waals surface area contributed by atoms with Crippen LogP contribution in [0.4, 0.5) is 0 Å². The lowest BCUT2D eigenvalue weighted by Gasteiger charge is -2.20. The minimum Gasteiger partial charge on any atom is -0.497 e. The molecule has 1 amide bonds. The number of hydrogen-bond acceptors (Lipinski definition) is 6. The smallest absolute Gasteiger partial charge is 0.258 e. The molecule has 8 nitrogen and oxygen atoms in total. The molecular formula is C23H21N5O3. The van der Waals surface area contributed by atoms with E-state index in [0.29, 0.717) is 5.75 Å². The van der Waals surface area contributed by atoms with Crippen LogP contribution in [0.5, 0.6) is 11.5 Å². The van der Waals surface area contributed by atoms with E-state index in [1.165, 1.54) is 11.0 Å². The standard InChI is InChI=1S/C23H21N5O3/c1-30-20-11-7-18(8-12-20)23(17-5-3-2-4-6-17)25-22(29)15-31-21-13-9-19(10-14-21)28-16-24-26-27-28/h2-14,16,23H,15H2,1H3,(H,25,29)/t23-/m1/s1. The summed E-state index contributed by atoms with van der Waals surface area (Å²) in [6.07, 6.45) is 1.51. The lowest BCUT2D eigenvalue weighted by molar-refractivity contribution is -0.123. The molecule has 1 atom stereocenters. The number of nitrogens with zero attached hydrogens (tertiary/aromatic N) is 4. The van der Waals surface area contributed by atoms with Gasteiger partial charge in [-0.05, 0) is 58.0 Å². The van der Waals surface area contributed by atoms with E-state index in [0.717, 1.165) is 22.6 Å². The Kier molecular flexibility index (Phi) is 6.18. The highest BCUT2D eigenvalue weighted by molar-refractivity contribution is 5.78. The van der Waals surface area contributed by atoms with Crippen LogP contribution in [0.3, 0.4) is 0 Å². The molecule has 4 aromatic rings. The summed E-state index contributed by atoms with van der Waals surface area (Å²) in [5.41, 5.74) is 2.73. The SMILES string of the molecule is COc1ccc([C@H](NC(=O)COc2ccc(-n3cnnn3)cc2)c2ccccc2)cc1. The van der Waals surface area contributed by atoms with E-state index in [1.54, 1.807) is 19.2 Å². The Bertz CT molecular complexity index is 1100. The first-order chi connectivity index (χ1) is 15.2. The number of rotatable bonds is 8. The Morgan fingerprint density at radius 3 is 2.26 bits per heavy atom. The van der Waals surface area contributed by atoms with Crippen molar-refractivity contribution in [2.24, 2.45) is 0 Å². The van der Waals surface area contributed by atoms with E-state index in [2.05, 4.69) is 20.8 Å². The molecule has 0 bridgehead atoms. The first-order valence-corrected chi connectivity index (χ1v) is 9.67. The van der Waals surface area contributed by atoms with Crippen LogP contribution in [0.2, 0.25) is 0 Å². The Hall–Kier alpha value is -4.20. The minimum absolute atomic E-state index is 0.107. The summed E-state index contributed by atoms with van der Waals surface area (Å²) < 4.78 is 12.4. The van der Waals surface area contributed by atoms with Crippen molar-refractivity contribution in [3.63, 3.8) is 0 Å². The van der Waals surface area contributed by atoms with Crippen LogP contribution in [0.15, 0.2) is 85.2 Å². The Balaban J connectivity index is 1.42. The van der Waals surface area contributed by atoms with Crippen LogP contribution in [-0.2, 0) is 4.79 Å². The van der Waals surface area contributed by atoms with Gasteiger partial charge in [0.05, 0.1) is 18.8 Å². The number of methoxy groups -OCH3 is 1. The molecule has 0 unspecified atom stereocenters. The molecule has 0 aliphatic rings. The zero-order valence-corrected chi connectivity index (χ0v) is 16.9. The molecule has 0 saturated heterocycles. The normalized spacial score (nSPS) is 11.5.